The Morgan fingerprint density at radius 3 is 2.61 bits per heavy atom. The van der Waals surface area contributed by atoms with Crippen LogP contribution in [0.5, 0.6) is 0 Å². The molecule has 0 unspecified atom stereocenters. The van der Waals surface area contributed by atoms with Crippen molar-refractivity contribution in [2.75, 3.05) is 19.7 Å². The molecule has 0 bridgehead atoms. The summed E-state index contributed by atoms with van der Waals surface area (Å²) < 4.78 is 4.72. The van der Waals surface area contributed by atoms with Gasteiger partial charge in [0.25, 0.3) is 0 Å². The molecular formula is C11H19N3O4. The first-order valence-electron chi connectivity index (χ1n) is 6.08. The van der Waals surface area contributed by atoms with Gasteiger partial charge in [-0.25, -0.2) is 4.79 Å². The summed E-state index contributed by atoms with van der Waals surface area (Å²) in [6.45, 7) is 2.42. The fourth-order valence-electron chi connectivity index (χ4n) is 1.25. The molecule has 0 aromatic rings. The van der Waals surface area contributed by atoms with Gasteiger partial charge in [0.2, 0.25) is 5.91 Å². The van der Waals surface area contributed by atoms with E-state index in [-0.39, 0.29) is 25.0 Å². The van der Waals surface area contributed by atoms with Crippen LogP contribution in [0.3, 0.4) is 0 Å². The van der Waals surface area contributed by atoms with E-state index in [1.54, 1.807) is 6.92 Å². The molecule has 18 heavy (non-hydrogen) atoms. The number of hydrogen-bond donors (Lipinski definition) is 3. The summed E-state index contributed by atoms with van der Waals surface area (Å²) in [5, 5.41) is 7.59. The van der Waals surface area contributed by atoms with Crippen molar-refractivity contribution in [1.29, 1.82) is 0 Å². The largest absolute Gasteiger partial charge is 0.466 e. The monoisotopic (exact) mass is 257 g/mol. The third-order valence-corrected chi connectivity index (χ3v) is 2.26. The second-order valence-electron chi connectivity index (χ2n) is 4.03. The van der Waals surface area contributed by atoms with Crippen molar-refractivity contribution >= 4 is 17.9 Å². The molecule has 1 fully saturated rings. The Morgan fingerprint density at radius 1 is 1.28 bits per heavy atom. The number of imide groups is 1. The van der Waals surface area contributed by atoms with Gasteiger partial charge in [0.15, 0.2) is 0 Å². The summed E-state index contributed by atoms with van der Waals surface area (Å²) in [4.78, 5) is 33.4. The van der Waals surface area contributed by atoms with Crippen LogP contribution in [-0.4, -0.2) is 43.6 Å². The molecule has 0 radical (unpaired) electrons. The molecule has 3 N–H and O–H groups in total. The molecule has 0 atom stereocenters. The highest BCUT2D eigenvalue weighted by molar-refractivity contribution is 5.95. The average molecular weight is 257 g/mol. The van der Waals surface area contributed by atoms with Crippen molar-refractivity contribution in [3.63, 3.8) is 0 Å². The number of amides is 3. The third-order valence-electron chi connectivity index (χ3n) is 2.26. The Labute approximate surface area is 106 Å². The summed E-state index contributed by atoms with van der Waals surface area (Å²) in [6.07, 6.45) is 2.15. The van der Waals surface area contributed by atoms with Crippen LogP contribution in [0.2, 0.25) is 0 Å². The van der Waals surface area contributed by atoms with Crippen LogP contribution in [0.4, 0.5) is 4.79 Å². The zero-order chi connectivity index (χ0) is 13.4. The summed E-state index contributed by atoms with van der Waals surface area (Å²) in [6, 6.07) is -0.246. The van der Waals surface area contributed by atoms with Gasteiger partial charge in [0.1, 0.15) is 0 Å². The molecule has 7 heteroatoms. The minimum absolute atomic E-state index is 0.00249. The van der Waals surface area contributed by atoms with Crippen LogP contribution in [0.15, 0.2) is 0 Å². The first kappa shape index (κ1) is 14.4. The van der Waals surface area contributed by atoms with Gasteiger partial charge in [-0.15, -0.1) is 0 Å². The molecule has 1 rings (SSSR count). The topological polar surface area (TPSA) is 96.5 Å². The summed E-state index contributed by atoms with van der Waals surface area (Å²) in [7, 11) is 0. The van der Waals surface area contributed by atoms with Gasteiger partial charge in [-0.3, -0.25) is 14.9 Å². The van der Waals surface area contributed by atoms with Gasteiger partial charge in [-0.2, -0.15) is 0 Å². The van der Waals surface area contributed by atoms with Gasteiger partial charge in [0.05, 0.1) is 19.6 Å². The van der Waals surface area contributed by atoms with Crippen molar-refractivity contribution in [3.8, 4) is 0 Å². The number of carbonyl (C=O) groups excluding carboxylic acids is 3. The molecule has 7 nitrogen and oxygen atoms in total. The number of ether oxygens (including phenoxy) is 1. The van der Waals surface area contributed by atoms with E-state index in [1.807, 2.05) is 0 Å². The smallest absolute Gasteiger partial charge is 0.321 e. The van der Waals surface area contributed by atoms with E-state index >= 15 is 0 Å². The third kappa shape index (κ3) is 6.85. The fraction of sp³-hybridized carbons (Fsp3) is 0.727. The summed E-state index contributed by atoms with van der Waals surface area (Å²) >= 11 is 0. The van der Waals surface area contributed by atoms with Crippen molar-refractivity contribution in [2.24, 2.45) is 0 Å². The van der Waals surface area contributed by atoms with Crippen molar-refractivity contribution in [2.45, 2.75) is 32.2 Å². The van der Waals surface area contributed by atoms with Gasteiger partial charge >= 0.3 is 12.0 Å². The highest BCUT2D eigenvalue weighted by Gasteiger charge is 2.23. The minimum Gasteiger partial charge on any atom is -0.466 e. The van der Waals surface area contributed by atoms with E-state index in [0.29, 0.717) is 13.2 Å². The highest BCUT2D eigenvalue weighted by atomic mass is 16.5. The Morgan fingerprint density at radius 2 is 2.00 bits per heavy atom. The number of nitrogens with one attached hydrogen (secondary N) is 3. The maximum Gasteiger partial charge on any atom is 0.321 e. The highest BCUT2D eigenvalue weighted by Crippen LogP contribution is 2.18. The standard InChI is InChI=1S/C11H19N3O4/c1-2-18-10(16)5-6-12-7-9(15)14-11(17)13-8-3-4-8/h8,12H,2-7H2,1H3,(H2,13,14,15,17). The maximum atomic E-state index is 11.3. The number of esters is 1. The van der Waals surface area contributed by atoms with Crippen molar-refractivity contribution in [1.82, 2.24) is 16.0 Å². The van der Waals surface area contributed by atoms with Crippen LogP contribution in [0.25, 0.3) is 0 Å². The van der Waals surface area contributed by atoms with E-state index < -0.39 is 11.9 Å². The molecule has 0 spiro atoms. The first-order chi connectivity index (χ1) is 8.61. The maximum absolute atomic E-state index is 11.3. The van der Waals surface area contributed by atoms with Crippen LogP contribution in [0, 0.1) is 0 Å². The number of carbonyl (C=O) groups is 3. The summed E-state index contributed by atoms with van der Waals surface area (Å²) in [5.74, 6) is -0.728. The van der Waals surface area contributed by atoms with Crippen molar-refractivity contribution < 1.29 is 19.1 Å². The Kier molecular flexibility index (Phi) is 6.13. The Hall–Kier alpha value is -1.63. The van der Waals surface area contributed by atoms with Gasteiger partial charge in [0, 0.05) is 12.6 Å². The van der Waals surface area contributed by atoms with Crippen molar-refractivity contribution in [3.05, 3.63) is 0 Å². The molecule has 1 aliphatic carbocycles. The fourth-order valence-corrected chi connectivity index (χ4v) is 1.25. The van der Waals surface area contributed by atoms with E-state index in [9.17, 15) is 14.4 Å². The number of urea groups is 1. The molecular weight excluding hydrogens is 238 g/mol. The average Bonchev–Trinajstić information content (AvgIpc) is 3.08. The predicted molar refractivity (Wildman–Crippen MR) is 63.8 cm³/mol. The van der Waals surface area contributed by atoms with Crippen LogP contribution < -0.4 is 16.0 Å². The molecule has 1 saturated carbocycles. The van der Waals surface area contributed by atoms with E-state index in [2.05, 4.69) is 16.0 Å². The second-order valence-corrected chi connectivity index (χ2v) is 4.03. The lowest BCUT2D eigenvalue weighted by Crippen LogP contribution is -2.44. The van der Waals surface area contributed by atoms with Crippen LogP contribution in [-0.2, 0) is 14.3 Å². The van der Waals surface area contributed by atoms with E-state index in [0.717, 1.165) is 12.8 Å². The summed E-state index contributed by atoms with van der Waals surface area (Å²) in [5.41, 5.74) is 0. The zero-order valence-electron chi connectivity index (χ0n) is 10.5. The molecule has 0 aromatic heterocycles. The first-order valence-corrected chi connectivity index (χ1v) is 6.08. The quantitative estimate of drug-likeness (QED) is 0.423. The lowest BCUT2D eigenvalue weighted by molar-refractivity contribution is -0.143. The number of rotatable bonds is 7. The zero-order valence-corrected chi connectivity index (χ0v) is 10.5. The number of hydrogen-bond acceptors (Lipinski definition) is 5. The lowest BCUT2D eigenvalue weighted by Gasteiger charge is -2.06. The lowest BCUT2D eigenvalue weighted by atomic mass is 10.4. The van der Waals surface area contributed by atoms with Crippen LogP contribution in [0.1, 0.15) is 26.2 Å². The molecule has 0 heterocycles. The van der Waals surface area contributed by atoms with E-state index in [1.165, 1.54) is 0 Å². The SMILES string of the molecule is CCOC(=O)CCNCC(=O)NC(=O)NC1CC1. The van der Waals surface area contributed by atoms with E-state index in [4.69, 9.17) is 4.74 Å². The minimum atomic E-state index is -0.463. The predicted octanol–water partition coefficient (Wildman–Crippen LogP) is -0.483. The van der Waals surface area contributed by atoms with Gasteiger partial charge in [-0.05, 0) is 19.8 Å². The Balaban J connectivity index is 1.98. The molecule has 0 aliphatic heterocycles. The van der Waals surface area contributed by atoms with Crippen LogP contribution >= 0.6 is 0 Å². The normalized spacial score (nSPS) is 13.8. The molecule has 102 valence electrons. The molecule has 0 aromatic carbocycles. The van der Waals surface area contributed by atoms with Gasteiger partial charge < -0.3 is 15.4 Å². The molecule has 1 aliphatic rings. The van der Waals surface area contributed by atoms with Gasteiger partial charge in [-0.1, -0.05) is 0 Å². The molecule has 0 saturated heterocycles. The molecule has 3 amide bonds. The Bertz CT molecular complexity index is 315. The second kappa shape index (κ2) is 7.65.